The van der Waals surface area contributed by atoms with Crippen molar-refractivity contribution < 1.29 is 34.1 Å². The molecule has 0 saturated heterocycles. The Hall–Kier alpha value is -3.56. The molecule has 178 valence electrons. The summed E-state index contributed by atoms with van der Waals surface area (Å²) in [5.74, 6) is -1.19. The number of amides is 1. The number of nitrogens with zero attached hydrogens (tertiary/aromatic N) is 1. The van der Waals surface area contributed by atoms with Crippen molar-refractivity contribution in [1.29, 1.82) is 0 Å². The summed E-state index contributed by atoms with van der Waals surface area (Å²) in [5.41, 5.74) is 1.10. The van der Waals surface area contributed by atoms with E-state index in [1.54, 1.807) is 38.4 Å². The minimum Gasteiger partial charge on any atom is -0.494 e. The summed E-state index contributed by atoms with van der Waals surface area (Å²) in [6.07, 6.45) is 1.52. The number of halogens is 1. The zero-order valence-electron chi connectivity index (χ0n) is 18.5. The first-order valence-electron chi connectivity index (χ1n) is 9.81. The third kappa shape index (κ3) is 11.6. The van der Waals surface area contributed by atoms with Crippen molar-refractivity contribution in [2.24, 2.45) is 0 Å². The Balaban J connectivity index is 0.000000582. The van der Waals surface area contributed by atoms with Crippen LogP contribution in [0.5, 0.6) is 11.5 Å². The maximum absolute atomic E-state index is 11.6. The number of nitrogens with one attached hydrogen (secondary N) is 1. The van der Waals surface area contributed by atoms with Gasteiger partial charge in [-0.05, 0) is 49.0 Å². The van der Waals surface area contributed by atoms with Crippen LogP contribution in [0.1, 0.15) is 18.0 Å². The van der Waals surface area contributed by atoms with Crippen molar-refractivity contribution in [3.63, 3.8) is 0 Å². The summed E-state index contributed by atoms with van der Waals surface area (Å²) in [7, 11) is 5.20. The molecule has 10 heteroatoms. The number of ether oxygens (including phenoxy) is 2. The molecule has 0 aliphatic carbocycles. The summed E-state index contributed by atoms with van der Waals surface area (Å²) in [6.45, 7) is 0.574. The number of hydrogen-bond acceptors (Lipinski definition) is 6. The van der Waals surface area contributed by atoms with E-state index >= 15 is 0 Å². The molecule has 0 aliphatic heterocycles. The summed E-state index contributed by atoms with van der Waals surface area (Å²) >= 11 is 5.86. The monoisotopic (exact) mass is 478 g/mol. The lowest BCUT2D eigenvalue weighted by molar-refractivity contribution is -0.134. The third-order valence-electron chi connectivity index (χ3n) is 4.06. The number of benzene rings is 2. The van der Waals surface area contributed by atoms with Gasteiger partial charge in [-0.1, -0.05) is 23.7 Å². The molecule has 1 amide bonds. The van der Waals surface area contributed by atoms with Crippen LogP contribution in [-0.2, 0) is 9.59 Å². The molecule has 0 spiro atoms. The van der Waals surface area contributed by atoms with Crippen molar-refractivity contribution in [3.05, 3.63) is 71.3 Å². The Bertz CT molecular complexity index is 913. The van der Waals surface area contributed by atoms with Crippen molar-refractivity contribution in [2.45, 2.75) is 12.5 Å². The fraction of sp³-hybridized carbons (Fsp3) is 0.261. The predicted molar refractivity (Wildman–Crippen MR) is 124 cm³/mol. The van der Waals surface area contributed by atoms with Gasteiger partial charge in [-0.15, -0.1) is 0 Å². The van der Waals surface area contributed by atoms with E-state index in [0.717, 1.165) is 17.7 Å². The highest BCUT2D eigenvalue weighted by Crippen LogP contribution is 2.22. The van der Waals surface area contributed by atoms with Gasteiger partial charge >= 0.3 is 18.0 Å². The Morgan fingerprint density at radius 3 is 1.94 bits per heavy atom. The quantitative estimate of drug-likeness (QED) is 0.464. The van der Waals surface area contributed by atoms with Crippen molar-refractivity contribution >= 4 is 29.6 Å². The lowest BCUT2D eigenvalue weighted by Gasteiger charge is -2.18. The standard InChI is InChI=1S/C19H23ClN2O3.C4H4O4/c1-21-18(12-13-24-16-10-6-15(20)7-11-16)14-4-8-17(9-5-14)25-19(23)22(2)3;5-3(6)1-2-4(7)8/h4-11,18,21H,12-13H2,1-3H3;1-2H,(H,5,6)(H,7,8)/t18-;/m0./s1. The van der Waals surface area contributed by atoms with E-state index < -0.39 is 18.0 Å². The second kappa shape index (κ2) is 14.5. The van der Waals surface area contributed by atoms with Gasteiger partial charge in [0.15, 0.2) is 0 Å². The molecule has 0 saturated carbocycles. The molecule has 2 rings (SSSR count). The molecule has 0 aliphatic rings. The molecule has 0 unspecified atom stereocenters. The Kier molecular flexibility index (Phi) is 12.1. The Morgan fingerprint density at radius 1 is 0.970 bits per heavy atom. The third-order valence-corrected chi connectivity index (χ3v) is 4.31. The van der Waals surface area contributed by atoms with Gasteiger partial charge in [-0.3, -0.25) is 0 Å². The van der Waals surface area contributed by atoms with Crippen LogP contribution in [0, 0.1) is 0 Å². The van der Waals surface area contributed by atoms with Crippen LogP contribution >= 0.6 is 11.6 Å². The van der Waals surface area contributed by atoms with Crippen LogP contribution in [-0.4, -0.2) is 60.9 Å². The SMILES string of the molecule is CN[C@@H](CCOc1ccc(Cl)cc1)c1ccc(OC(=O)N(C)C)cc1.O=C(O)C=CC(=O)O. The molecule has 0 fully saturated rings. The Labute approximate surface area is 197 Å². The zero-order chi connectivity index (χ0) is 24.8. The van der Waals surface area contributed by atoms with Gasteiger partial charge in [-0.25, -0.2) is 14.4 Å². The number of carbonyl (C=O) groups excluding carboxylic acids is 1. The number of carboxylic acid groups (broad SMARTS) is 2. The van der Waals surface area contributed by atoms with Crippen molar-refractivity contribution in [1.82, 2.24) is 10.2 Å². The van der Waals surface area contributed by atoms with Crippen LogP contribution in [0.25, 0.3) is 0 Å². The lowest BCUT2D eigenvalue weighted by Crippen LogP contribution is -2.25. The number of rotatable bonds is 9. The van der Waals surface area contributed by atoms with Crippen LogP contribution in [0.2, 0.25) is 5.02 Å². The van der Waals surface area contributed by atoms with Crippen LogP contribution < -0.4 is 14.8 Å². The van der Waals surface area contributed by atoms with Crippen molar-refractivity contribution in [2.75, 3.05) is 27.7 Å². The highest BCUT2D eigenvalue weighted by molar-refractivity contribution is 6.30. The maximum atomic E-state index is 11.6. The average Bonchev–Trinajstić information content (AvgIpc) is 2.77. The van der Waals surface area contributed by atoms with Gasteiger partial charge in [0.1, 0.15) is 11.5 Å². The second-order valence-corrected chi connectivity index (χ2v) is 7.21. The summed E-state index contributed by atoms with van der Waals surface area (Å²) in [4.78, 5) is 32.0. The zero-order valence-corrected chi connectivity index (χ0v) is 19.3. The van der Waals surface area contributed by atoms with Gasteiger partial charge in [-0.2, -0.15) is 0 Å². The number of hydrogen-bond donors (Lipinski definition) is 3. The van der Waals surface area contributed by atoms with Gasteiger partial charge in [0.25, 0.3) is 0 Å². The van der Waals surface area contributed by atoms with Crippen LogP contribution in [0.4, 0.5) is 4.79 Å². The van der Waals surface area contributed by atoms with Gasteiger partial charge < -0.3 is 29.9 Å². The van der Waals surface area contributed by atoms with E-state index in [-0.39, 0.29) is 6.04 Å². The molecular formula is C23H27ClN2O7. The van der Waals surface area contributed by atoms with E-state index in [4.69, 9.17) is 31.3 Å². The summed E-state index contributed by atoms with van der Waals surface area (Å²) < 4.78 is 11.0. The summed E-state index contributed by atoms with van der Waals surface area (Å²) in [6, 6.07) is 14.9. The highest BCUT2D eigenvalue weighted by atomic mass is 35.5. The van der Waals surface area contributed by atoms with Crippen molar-refractivity contribution in [3.8, 4) is 11.5 Å². The molecule has 1 atom stereocenters. The second-order valence-electron chi connectivity index (χ2n) is 6.77. The smallest absolute Gasteiger partial charge is 0.414 e. The van der Waals surface area contributed by atoms with E-state index in [1.807, 2.05) is 31.3 Å². The molecule has 3 N–H and O–H groups in total. The van der Waals surface area contributed by atoms with E-state index in [2.05, 4.69) is 5.32 Å². The highest BCUT2D eigenvalue weighted by Gasteiger charge is 2.11. The largest absolute Gasteiger partial charge is 0.494 e. The number of carboxylic acids is 2. The average molecular weight is 479 g/mol. The molecular weight excluding hydrogens is 452 g/mol. The molecule has 2 aromatic rings. The molecule has 33 heavy (non-hydrogen) atoms. The first kappa shape index (κ1) is 27.5. The normalized spacial score (nSPS) is 11.2. The fourth-order valence-corrected chi connectivity index (χ4v) is 2.53. The number of aliphatic carboxylic acids is 2. The first-order chi connectivity index (χ1) is 15.6. The topological polar surface area (TPSA) is 125 Å². The molecule has 0 radical (unpaired) electrons. The maximum Gasteiger partial charge on any atom is 0.414 e. The van der Waals surface area contributed by atoms with Gasteiger partial charge in [0.2, 0.25) is 0 Å². The Morgan fingerprint density at radius 2 is 1.48 bits per heavy atom. The van der Waals surface area contributed by atoms with Gasteiger partial charge in [0, 0.05) is 43.7 Å². The van der Waals surface area contributed by atoms with Crippen LogP contribution in [0.3, 0.4) is 0 Å². The number of carbonyl (C=O) groups is 3. The minimum absolute atomic E-state index is 0.144. The lowest BCUT2D eigenvalue weighted by atomic mass is 10.0. The molecule has 0 aromatic heterocycles. The van der Waals surface area contributed by atoms with Crippen LogP contribution in [0.15, 0.2) is 60.7 Å². The molecule has 0 bridgehead atoms. The molecule has 9 nitrogen and oxygen atoms in total. The summed E-state index contributed by atoms with van der Waals surface area (Å²) in [5, 5.41) is 19.6. The van der Waals surface area contributed by atoms with E-state index in [0.29, 0.717) is 29.5 Å². The van der Waals surface area contributed by atoms with E-state index in [1.165, 1.54) is 4.90 Å². The molecule has 2 aromatic carbocycles. The predicted octanol–water partition coefficient (Wildman–Crippen LogP) is 3.84. The van der Waals surface area contributed by atoms with E-state index in [9.17, 15) is 14.4 Å². The minimum atomic E-state index is -1.26. The molecule has 0 heterocycles. The van der Waals surface area contributed by atoms with Gasteiger partial charge in [0.05, 0.1) is 6.61 Å². The first-order valence-corrected chi connectivity index (χ1v) is 10.2. The fourth-order valence-electron chi connectivity index (χ4n) is 2.41.